The molecule has 3 aromatic rings. The quantitative estimate of drug-likeness (QED) is 0.735. The highest BCUT2D eigenvalue weighted by Crippen LogP contribution is 2.24. The van der Waals surface area contributed by atoms with Crippen LogP contribution < -0.4 is 11.1 Å². The maximum Gasteiger partial charge on any atom is 0.229 e. The Morgan fingerprint density at radius 1 is 1.31 bits per heavy atom. The molecule has 1 aliphatic rings. The zero-order valence-corrected chi connectivity index (χ0v) is 14.8. The second-order valence-electron chi connectivity index (χ2n) is 6.79. The predicted molar refractivity (Wildman–Crippen MR) is 101 cm³/mol. The van der Waals surface area contributed by atoms with Crippen molar-refractivity contribution < 1.29 is 4.79 Å². The van der Waals surface area contributed by atoms with Crippen molar-refractivity contribution in [3.63, 3.8) is 0 Å². The second kappa shape index (κ2) is 6.76. The zero-order chi connectivity index (χ0) is 18.1. The first kappa shape index (κ1) is 16.5. The number of hydrogen-bond donors (Lipinski definition) is 2. The van der Waals surface area contributed by atoms with Crippen molar-refractivity contribution in [3.05, 3.63) is 47.8 Å². The number of benzene rings is 1. The van der Waals surface area contributed by atoms with Crippen LogP contribution >= 0.6 is 0 Å². The number of carbonyl (C=O) groups excluding carboxylic acids is 1. The maximum absolute atomic E-state index is 11.0. The van der Waals surface area contributed by atoms with Crippen LogP contribution in [0.1, 0.15) is 17.5 Å². The topological polar surface area (TPSA) is 89.1 Å². The third-order valence-corrected chi connectivity index (χ3v) is 4.77. The summed E-state index contributed by atoms with van der Waals surface area (Å²) in [4.78, 5) is 22.4. The van der Waals surface area contributed by atoms with Gasteiger partial charge in [-0.05, 0) is 42.8 Å². The Kier molecular flexibility index (Phi) is 4.30. The summed E-state index contributed by atoms with van der Waals surface area (Å²) >= 11 is 0. The molecule has 0 fully saturated rings. The number of anilines is 2. The van der Waals surface area contributed by atoms with Crippen molar-refractivity contribution in [2.75, 3.05) is 18.9 Å². The average molecular weight is 350 g/mol. The van der Waals surface area contributed by atoms with Gasteiger partial charge in [-0.15, -0.1) is 0 Å². The summed E-state index contributed by atoms with van der Waals surface area (Å²) in [7, 11) is 2.14. The minimum atomic E-state index is -0.321. The van der Waals surface area contributed by atoms with Crippen molar-refractivity contribution in [3.8, 4) is 0 Å². The number of carbonyl (C=O) groups is 1. The fraction of sp³-hybridized carbons (Fsp3) is 0.316. The van der Waals surface area contributed by atoms with Crippen molar-refractivity contribution in [2.45, 2.75) is 25.9 Å². The van der Waals surface area contributed by atoms with Gasteiger partial charge in [0.1, 0.15) is 5.65 Å². The normalized spacial score (nSPS) is 14.3. The number of nitrogens with zero attached hydrogens (tertiary/aromatic N) is 4. The van der Waals surface area contributed by atoms with Crippen LogP contribution in [0.3, 0.4) is 0 Å². The number of primary amides is 1. The van der Waals surface area contributed by atoms with Gasteiger partial charge in [0.05, 0.1) is 0 Å². The lowest BCUT2D eigenvalue weighted by molar-refractivity contribution is -0.118. The number of hydrogen-bond acceptors (Lipinski definition) is 5. The average Bonchev–Trinajstić information content (AvgIpc) is 3.02. The molecule has 134 valence electrons. The van der Waals surface area contributed by atoms with E-state index in [1.807, 2.05) is 16.8 Å². The molecule has 0 radical (unpaired) electrons. The predicted octanol–water partition coefficient (Wildman–Crippen LogP) is 2.04. The van der Waals surface area contributed by atoms with E-state index in [9.17, 15) is 4.79 Å². The van der Waals surface area contributed by atoms with E-state index >= 15 is 0 Å². The van der Waals surface area contributed by atoms with Gasteiger partial charge in [0.2, 0.25) is 11.9 Å². The molecular weight excluding hydrogens is 328 g/mol. The van der Waals surface area contributed by atoms with Gasteiger partial charge in [-0.2, -0.15) is 4.98 Å². The Balaban J connectivity index is 1.58. The SMILES string of the molecule is CN1CCc2ccc(Nc3ncc4ccn(CCC(N)=O)c4n3)cc2C1. The van der Waals surface area contributed by atoms with Crippen LogP contribution in [-0.4, -0.2) is 38.9 Å². The third kappa shape index (κ3) is 3.39. The first-order chi connectivity index (χ1) is 12.6. The number of nitrogens with two attached hydrogens (primary N) is 1. The van der Waals surface area contributed by atoms with E-state index < -0.39 is 0 Å². The Bertz CT molecular complexity index is 964. The van der Waals surface area contributed by atoms with Crippen LogP contribution in [0.2, 0.25) is 0 Å². The molecule has 7 nitrogen and oxygen atoms in total. The Morgan fingerprint density at radius 2 is 2.19 bits per heavy atom. The van der Waals surface area contributed by atoms with Crippen molar-refractivity contribution in [1.82, 2.24) is 19.4 Å². The van der Waals surface area contributed by atoms with Crippen LogP contribution in [0.25, 0.3) is 11.0 Å². The van der Waals surface area contributed by atoms with E-state index in [4.69, 9.17) is 5.73 Å². The molecule has 0 bridgehead atoms. The van der Waals surface area contributed by atoms with Gasteiger partial charge in [-0.25, -0.2) is 4.98 Å². The van der Waals surface area contributed by atoms with E-state index in [1.54, 1.807) is 6.20 Å². The first-order valence-electron chi connectivity index (χ1n) is 8.76. The molecule has 1 aliphatic heterocycles. The van der Waals surface area contributed by atoms with Crippen LogP contribution in [0, 0.1) is 0 Å². The van der Waals surface area contributed by atoms with Crippen LogP contribution in [0.4, 0.5) is 11.6 Å². The lowest BCUT2D eigenvalue weighted by Gasteiger charge is -2.25. The molecule has 1 amide bonds. The van der Waals surface area contributed by atoms with Gasteiger partial charge < -0.3 is 20.5 Å². The Hall–Kier alpha value is -2.93. The van der Waals surface area contributed by atoms with Gasteiger partial charge in [0, 0.05) is 49.5 Å². The van der Waals surface area contributed by atoms with Gasteiger partial charge in [-0.3, -0.25) is 4.79 Å². The highest BCUT2D eigenvalue weighted by atomic mass is 16.1. The Labute approximate surface area is 151 Å². The molecule has 1 aromatic carbocycles. The highest BCUT2D eigenvalue weighted by Gasteiger charge is 2.14. The molecule has 26 heavy (non-hydrogen) atoms. The second-order valence-corrected chi connectivity index (χ2v) is 6.79. The minimum absolute atomic E-state index is 0.287. The summed E-state index contributed by atoms with van der Waals surface area (Å²) in [6.07, 6.45) is 5.06. The van der Waals surface area contributed by atoms with E-state index in [2.05, 4.69) is 45.4 Å². The van der Waals surface area contributed by atoms with E-state index in [1.165, 1.54) is 11.1 Å². The fourth-order valence-corrected chi connectivity index (χ4v) is 3.35. The number of rotatable bonds is 5. The number of amides is 1. The van der Waals surface area contributed by atoms with Gasteiger partial charge in [0.15, 0.2) is 0 Å². The summed E-state index contributed by atoms with van der Waals surface area (Å²) in [5.74, 6) is 0.221. The number of aryl methyl sites for hydroxylation is 1. The molecule has 0 spiro atoms. The summed E-state index contributed by atoms with van der Waals surface area (Å²) < 4.78 is 1.93. The molecule has 0 saturated carbocycles. The van der Waals surface area contributed by atoms with Gasteiger partial charge >= 0.3 is 0 Å². The lowest BCUT2D eigenvalue weighted by Crippen LogP contribution is -2.26. The molecule has 0 atom stereocenters. The van der Waals surface area contributed by atoms with Crippen LogP contribution in [-0.2, 0) is 24.3 Å². The monoisotopic (exact) mass is 350 g/mol. The molecule has 4 rings (SSSR count). The molecule has 0 aliphatic carbocycles. The zero-order valence-electron chi connectivity index (χ0n) is 14.8. The van der Waals surface area contributed by atoms with Gasteiger partial charge in [-0.1, -0.05) is 6.07 Å². The molecule has 3 heterocycles. The van der Waals surface area contributed by atoms with E-state index in [0.29, 0.717) is 12.5 Å². The number of likely N-dealkylation sites (N-methyl/N-ethyl adjacent to an activating group) is 1. The minimum Gasteiger partial charge on any atom is -0.370 e. The molecular formula is C19H22N6O. The van der Waals surface area contributed by atoms with E-state index in [0.717, 1.165) is 36.2 Å². The van der Waals surface area contributed by atoms with Crippen LogP contribution in [0.15, 0.2) is 36.7 Å². The van der Waals surface area contributed by atoms with Gasteiger partial charge in [0.25, 0.3) is 0 Å². The number of fused-ring (bicyclic) bond motifs is 2. The van der Waals surface area contributed by atoms with E-state index in [-0.39, 0.29) is 12.3 Å². The number of aromatic nitrogens is 3. The molecule has 0 unspecified atom stereocenters. The molecule has 0 saturated heterocycles. The third-order valence-electron chi connectivity index (χ3n) is 4.77. The van der Waals surface area contributed by atoms with Crippen molar-refractivity contribution in [1.29, 1.82) is 0 Å². The van der Waals surface area contributed by atoms with Crippen LogP contribution in [0.5, 0.6) is 0 Å². The fourth-order valence-electron chi connectivity index (χ4n) is 3.35. The molecule has 3 N–H and O–H groups in total. The highest BCUT2D eigenvalue weighted by molar-refractivity contribution is 5.77. The summed E-state index contributed by atoms with van der Waals surface area (Å²) in [6, 6.07) is 8.36. The number of nitrogens with one attached hydrogen (secondary N) is 1. The summed E-state index contributed by atoms with van der Waals surface area (Å²) in [5.41, 5.74) is 9.77. The molecule has 2 aromatic heterocycles. The largest absolute Gasteiger partial charge is 0.370 e. The van der Waals surface area contributed by atoms with Crippen molar-refractivity contribution >= 4 is 28.6 Å². The molecule has 7 heteroatoms. The first-order valence-corrected chi connectivity index (χ1v) is 8.76. The van der Waals surface area contributed by atoms with Crippen molar-refractivity contribution in [2.24, 2.45) is 5.73 Å². The summed E-state index contributed by atoms with van der Waals surface area (Å²) in [6.45, 7) is 2.57. The maximum atomic E-state index is 11.0. The summed E-state index contributed by atoms with van der Waals surface area (Å²) in [5, 5.41) is 4.23. The standard InChI is InChI=1S/C19H22N6O/c1-24-7-4-13-2-3-16(10-15(13)12-24)22-19-21-11-14-5-8-25(18(14)23-19)9-6-17(20)26/h2-3,5,8,10-11H,4,6-7,9,12H2,1H3,(H2,20,26)(H,21,22,23). The smallest absolute Gasteiger partial charge is 0.229 e. The Morgan fingerprint density at radius 3 is 3.04 bits per heavy atom. The lowest BCUT2D eigenvalue weighted by atomic mass is 9.99.